The van der Waals surface area contributed by atoms with Crippen molar-refractivity contribution in [2.75, 3.05) is 32.7 Å². The number of nitrogens with zero attached hydrogens (tertiary/aromatic N) is 2. The lowest BCUT2D eigenvalue weighted by Gasteiger charge is -2.35. The molecule has 216 valence electrons. The number of nitrogens with one attached hydrogen (secondary N) is 1. The first kappa shape index (κ1) is 28.6. The molecule has 8 heteroatoms. The topological polar surface area (TPSA) is 82.1 Å². The number of ether oxygens (including phenoxy) is 1. The predicted octanol–water partition coefficient (Wildman–Crippen LogP) is 5.27. The lowest BCUT2D eigenvalue weighted by molar-refractivity contribution is -0.145. The fraction of sp³-hybridized carbons (Fsp3) is 0.562. The Bertz CT molecular complexity index is 1120. The molecule has 0 bridgehead atoms. The van der Waals surface area contributed by atoms with E-state index in [-0.39, 0.29) is 35.8 Å². The van der Waals surface area contributed by atoms with E-state index < -0.39 is 12.0 Å². The normalized spacial score (nSPS) is 24.0. The van der Waals surface area contributed by atoms with E-state index >= 15 is 0 Å². The van der Waals surface area contributed by atoms with E-state index in [4.69, 9.17) is 4.74 Å². The number of alkyl carbamates (subject to hydrolysis) is 1. The molecule has 40 heavy (non-hydrogen) atoms. The third-order valence-electron chi connectivity index (χ3n) is 9.07. The third-order valence-corrected chi connectivity index (χ3v) is 9.07. The average Bonchev–Trinajstić information content (AvgIpc) is 3.37. The maximum absolute atomic E-state index is 14.2. The van der Waals surface area contributed by atoms with Crippen LogP contribution in [0.25, 0.3) is 0 Å². The molecule has 3 fully saturated rings. The summed E-state index contributed by atoms with van der Waals surface area (Å²) >= 11 is 0. The summed E-state index contributed by atoms with van der Waals surface area (Å²) in [5.41, 5.74) is 1.98. The van der Waals surface area contributed by atoms with Crippen LogP contribution in [0.2, 0.25) is 0 Å². The molecule has 1 aliphatic carbocycles. The first-order valence-electron chi connectivity index (χ1n) is 14.9. The van der Waals surface area contributed by atoms with Crippen molar-refractivity contribution in [3.05, 3.63) is 71.5 Å². The number of carboxylic acid groups (broad SMARTS) is 1. The fourth-order valence-corrected chi connectivity index (χ4v) is 7.04. The summed E-state index contributed by atoms with van der Waals surface area (Å²) in [6.07, 6.45) is 6.34. The van der Waals surface area contributed by atoms with Crippen molar-refractivity contribution < 1.29 is 23.8 Å². The van der Waals surface area contributed by atoms with E-state index in [2.05, 4.69) is 15.1 Å². The van der Waals surface area contributed by atoms with Gasteiger partial charge < -0.3 is 20.1 Å². The van der Waals surface area contributed by atoms with Gasteiger partial charge in [0, 0.05) is 45.2 Å². The van der Waals surface area contributed by atoms with E-state index in [0.717, 1.165) is 69.3 Å². The molecule has 2 N–H and O–H groups in total. The van der Waals surface area contributed by atoms with Crippen molar-refractivity contribution in [3.8, 4) is 0 Å². The highest BCUT2D eigenvalue weighted by Crippen LogP contribution is 2.38. The number of likely N-dealkylation sites (tertiary alicyclic amines) is 2. The van der Waals surface area contributed by atoms with Gasteiger partial charge in [-0.15, -0.1) is 0 Å². The Morgan fingerprint density at radius 3 is 2.42 bits per heavy atom. The fourth-order valence-electron chi connectivity index (χ4n) is 7.04. The largest absolute Gasteiger partial charge is 0.480 e. The average molecular weight is 552 g/mol. The van der Waals surface area contributed by atoms with Gasteiger partial charge in [-0.3, -0.25) is 9.69 Å². The molecule has 0 spiro atoms. The quantitative estimate of drug-likeness (QED) is 0.442. The summed E-state index contributed by atoms with van der Waals surface area (Å²) in [4.78, 5) is 29.4. The highest BCUT2D eigenvalue weighted by atomic mass is 19.1. The van der Waals surface area contributed by atoms with Gasteiger partial charge in [-0.2, -0.15) is 0 Å². The summed E-state index contributed by atoms with van der Waals surface area (Å²) in [6, 6.07) is 16.1. The second-order valence-electron chi connectivity index (χ2n) is 11.8. The zero-order valence-electron chi connectivity index (χ0n) is 23.2. The molecule has 1 saturated carbocycles. The minimum absolute atomic E-state index is 0.0823. The van der Waals surface area contributed by atoms with Crippen molar-refractivity contribution in [2.45, 2.75) is 69.6 Å². The van der Waals surface area contributed by atoms with Crippen LogP contribution in [0.3, 0.4) is 0 Å². The van der Waals surface area contributed by atoms with Gasteiger partial charge in [0.2, 0.25) is 0 Å². The van der Waals surface area contributed by atoms with Crippen LogP contribution in [-0.2, 0) is 16.1 Å². The first-order valence-corrected chi connectivity index (χ1v) is 14.9. The number of carbonyl (C=O) groups is 2. The number of carbonyl (C=O) groups excluding carboxylic acids is 1. The Labute approximate surface area is 236 Å². The van der Waals surface area contributed by atoms with E-state index in [1.807, 2.05) is 36.4 Å². The number of aliphatic carboxylic acids is 1. The molecular weight excluding hydrogens is 509 g/mol. The van der Waals surface area contributed by atoms with Crippen LogP contribution < -0.4 is 5.32 Å². The molecule has 2 aromatic rings. The molecule has 7 nitrogen and oxygen atoms in total. The standard InChI is InChI=1S/C32H42FN3O4/c33-27-13-7-12-25(18-27)29-22-36(30(31(37)38)24-10-5-2-6-11-24)21-26(29)20-35-16-14-28(15-17-35)40-32(39)34-19-23-8-3-1-4-9-23/h1,3-4,7-9,12-13,18,24,26,28-30H,2,5-6,10-11,14-17,19-22H2,(H,34,39)(H,37,38)/t26-,29+,30+/m0/s1. The summed E-state index contributed by atoms with van der Waals surface area (Å²) in [5.74, 6) is -0.508. The molecular formula is C32H42FN3O4. The molecule has 2 heterocycles. The van der Waals surface area contributed by atoms with Crippen LogP contribution in [0.5, 0.6) is 0 Å². The molecule has 1 amide bonds. The Morgan fingerprint density at radius 2 is 1.73 bits per heavy atom. The van der Waals surface area contributed by atoms with Gasteiger partial charge in [0.15, 0.2) is 0 Å². The maximum atomic E-state index is 14.2. The van der Waals surface area contributed by atoms with Crippen molar-refractivity contribution in [2.24, 2.45) is 11.8 Å². The summed E-state index contributed by atoms with van der Waals surface area (Å²) in [5, 5.41) is 13.1. The molecule has 2 aliphatic heterocycles. The molecule has 3 aliphatic rings. The molecule has 0 unspecified atom stereocenters. The molecule has 2 saturated heterocycles. The highest BCUT2D eigenvalue weighted by molar-refractivity contribution is 5.74. The Morgan fingerprint density at radius 1 is 0.975 bits per heavy atom. The van der Waals surface area contributed by atoms with Crippen LogP contribution in [0.4, 0.5) is 9.18 Å². The number of hydrogen-bond donors (Lipinski definition) is 2. The Kier molecular flexibility index (Phi) is 9.70. The number of halogens is 1. The number of piperidine rings is 1. The van der Waals surface area contributed by atoms with Gasteiger partial charge in [0.1, 0.15) is 18.0 Å². The van der Waals surface area contributed by atoms with Gasteiger partial charge >= 0.3 is 12.1 Å². The molecule has 0 radical (unpaired) electrons. The predicted molar refractivity (Wildman–Crippen MR) is 151 cm³/mol. The van der Waals surface area contributed by atoms with E-state index in [0.29, 0.717) is 19.6 Å². The lowest BCUT2D eigenvalue weighted by Crippen LogP contribution is -2.46. The minimum Gasteiger partial charge on any atom is -0.480 e. The zero-order chi connectivity index (χ0) is 27.9. The SMILES string of the molecule is O=C(NCc1ccccc1)OC1CCN(C[C@H]2CN([C@@H](C(=O)O)C3CCCCC3)C[C@@H]2c2cccc(F)c2)CC1. The van der Waals surface area contributed by atoms with Crippen LogP contribution >= 0.6 is 0 Å². The van der Waals surface area contributed by atoms with Gasteiger partial charge in [-0.1, -0.05) is 61.7 Å². The number of benzene rings is 2. The molecule has 2 aromatic carbocycles. The molecule has 3 atom stereocenters. The van der Waals surface area contributed by atoms with Gasteiger partial charge in [-0.25, -0.2) is 9.18 Å². The van der Waals surface area contributed by atoms with Gasteiger partial charge in [-0.05, 0) is 60.8 Å². The van der Waals surface area contributed by atoms with Crippen molar-refractivity contribution in [3.63, 3.8) is 0 Å². The van der Waals surface area contributed by atoms with Gasteiger partial charge in [0.25, 0.3) is 0 Å². The second-order valence-corrected chi connectivity index (χ2v) is 11.8. The highest BCUT2D eigenvalue weighted by Gasteiger charge is 2.43. The van der Waals surface area contributed by atoms with E-state index in [1.165, 1.54) is 12.5 Å². The molecule has 0 aromatic heterocycles. The Balaban J connectivity index is 1.18. The summed E-state index contributed by atoms with van der Waals surface area (Å²) in [6.45, 7) is 4.23. The second kappa shape index (κ2) is 13.6. The van der Waals surface area contributed by atoms with Gasteiger partial charge in [0.05, 0.1) is 0 Å². The number of carboxylic acids is 1. The van der Waals surface area contributed by atoms with Crippen LogP contribution in [0, 0.1) is 17.7 Å². The zero-order valence-corrected chi connectivity index (χ0v) is 23.2. The van der Waals surface area contributed by atoms with Crippen molar-refractivity contribution in [1.29, 1.82) is 0 Å². The molecule has 5 rings (SSSR count). The van der Waals surface area contributed by atoms with Crippen molar-refractivity contribution in [1.82, 2.24) is 15.1 Å². The number of rotatable bonds is 9. The lowest BCUT2D eigenvalue weighted by atomic mass is 9.83. The van der Waals surface area contributed by atoms with Crippen molar-refractivity contribution >= 4 is 12.1 Å². The summed E-state index contributed by atoms with van der Waals surface area (Å²) < 4.78 is 19.9. The third kappa shape index (κ3) is 7.40. The number of amides is 1. The Hall–Kier alpha value is -2.97. The van der Waals surface area contributed by atoms with E-state index in [1.54, 1.807) is 12.1 Å². The number of hydrogen-bond acceptors (Lipinski definition) is 5. The minimum atomic E-state index is -0.728. The smallest absolute Gasteiger partial charge is 0.407 e. The van der Waals surface area contributed by atoms with Crippen LogP contribution in [0.1, 0.15) is 62.0 Å². The first-order chi connectivity index (χ1) is 19.5. The monoisotopic (exact) mass is 551 g/mol. The van der Waals surface area contributed by atoms with Crippen LogP contribution in [0.15, 0.2) is 54.6 Å². The summed E-state index contributed by atoms with van der Waals surface area (Å²) in [7, 11) is 0. The van der Waals surface area contributed by atoms with E-state index in [9.17, 15) is 19.1 Å². The maximum Gasteiger partial charge on any atom is 0.407 e. The van der Waals surface area contributed by atoms with Crippen LogP contribution in [-0.4, -0.2) is 71.8 Å².